The van der Waals surface area contributed by atoms with Crippen molar-refractivity contribution in [1.29, 1.82) is 0 Å². The lowest BCUT2D eigenvalue weighted by Crippen LogP contribution is -2.55. The summed E-state index contributed by atoms with van der Waals surface area (Å²) in [5.41, 5.74) is 3.33. The highest BCUT2D eigenvalue weighted by Crippen LogP contribution is 2.59. The van der Waals surface area contributed by atoms with Crippen LogP contribution in [-0.2, 0) is 0 Å². The molecular formula is C25H28O5. The Labute approximate surface area is 176 Å². The van der Waals surface area contributed by atoms with Crippen molar-refractivity contribution < 1.29 is 18.6 Å². The minimum Gasteiger partial charge on any atom is -0.493 e. The van der Waals surface area contributed by atoms with Crippen molar-refractivity contribution in [3.63, 3.8) is 0 Å². The van der Waals surface area contributed by atoms with Gasteiger partial charge in [0, 0.05) is 23.8 Å². The van der Waals surface area contributed by atoms with E-state index in [9.17, 15) is 4.79 Å². The summed E-state index contributed by atoms with van der Waals surface area (Å²) < 4.78 is 24.7. The molecule has 2 aromatic rings. The van der Waals surface area contributed by atoms with Crippen molar-refractivity contribution in [3.8, 4) is 17.2 Å². The van der Waals surface area contributed by atoms with E-state index in [1.807, 2.05) is 6.07 Å². The van der Waals surface area contributed by atoms with E-state index in [1.165, 1.54) is 22.8 Å². The van der Waals surface area contributed by atoms with Crippen molar-refractivity contribution in [2.24, 2.45) is 11.8 Å². The summed E-state index contributed by atoms with van der Waals surface area (Å²) >= 11 is 0. The van der Waals surface area contributed by atoms with Gasteiger partial charge in [-0.1, -0.05) is 24.6 Å². The molecule has 0 amide bonds. The van der Waals surface area contributed by atoms with Crippen LogP contribution in [0.4, 0.5) is 0 Å². The Morgan fingerprint density at radius 1 is 1.23 bits per heavy atom. The van der Waals surface area contributed by atoms with E-state index in [1.54, 1.807) is 13.2 Å². The van der Waals surface area contributed by atoms with E-state index in [0.29, 0.717) is 28.7 Å². The summed E-state index contributed by atoms with van der Waals surface area (Å²) in [5.74, 6) is 2.29. The van der Waals surface area contributed by atoms with Gasteiger partial charge in [0.2, 0.25) is 11.5 Å². The quantitative estimate of drug-likeness (QED) is 0.491. The van der Waals surface area contributed by atoms with E-state index >= 15 is 0 Å². The second-order valence-corrected chi connectivity index (χ2v) is 9.10. The Morgan fingerprint density at radius 3 is 2.77 bits per heavy atom. The average Bonchev–Trinajstić information content (AvgIpc) is 2.90. The molecule has 0 bridgehead atoms. The molecule has 5 rings (SSSR count). The highest BCUT2D eigenvalue weighted by molar-refractivity contribution is 5.88. The van der Waals surface area contributed by atoms with Crippen molar-refractivity contribution in [2.45, 2.75) is 58.2 Å². The number of rotatable bonds is 2. The molecule has 5 heteroatoms. The molecule has 0 radical (unpaired) electrons. The third kappa shape index (κ3) is 2.57. The fourth-order valence-electron chi connectivity index (χ4n) is 5.63. The minimum atomic E-state index is -0.561. The lowest BCUT2D eigenvalue weighted by molar-refractivity contribution is -0.0653. The Kier molecular flexibility index (Phi) is 4.28. The first kappa shape index (κ1) is 19.3. The molecule has 1 spiro atoms. The van der Waals surface area contributed by atoms with E-state index in [0.717, 1.165) is 31.1 Å². The number of benzene rings is 1. The van der Waals surface area contributed by atoms with E-state index in [2.05, 4.69) is 27.4 Å². The van der Waals surface area contributed by atoms with E-state index in [-0.39, 0.29) is 12.0 Å². The van der Waals surface area contributed by atoms with Crippen LogP contribution in [0, 0.1) is 11.8 Å². The molecule has 0 saturated heterocycles. The molecule has 1 aliphatic heterocycles. The molecule has 1 saturated carbocycles. The SMILES string of the molecule is C=C(C)C1CCC(C)C23Oc4c(c(OC)cc5ccc(=O)oc45)OC2CC(C)=C3C1. The van der Waals surface area contributed by atoms with Gasteiger partial charge in [0.25, 0.3) is 0 Å². The molecule has 1 aromatic heterocycles. The molecule has 4 unspecified atom stereocenters. The van der Waals surface area contributed by atoms with Crippen LogP contribution in [0.2, 0.25) is 0 Å². The normalized spacial score (nSPS) is 29.9. The maximum Gasteiger partial charge on any atom is 0.336 e. The summed E-state index contributed by atoms with van der Waals surface area (Å²) in [6, 6.07) is 4.99. The lowest BCUT2D eigenvalue weighted by atomic mass is 9.78. The van der Waals surface area contributed by atoms with Gasteiger partial charge in [0.15, 0.2) is 16.9 Å². The Morgan fingerprint density at radius 2 is 2.03 bits per heavy atom. The zero-order chi connectivity index (χ0) is 21.2. The topological polar surface area (TPSA) is 57.9 Å². The molecule has 0 N–H and O–H groups in total. The van der Waals surface area contributed by atoms with Crippen LogP contribution in [0.5, 0.6) is 17.2 Å². The summed E-state index contributed by atoms with van der Waals surface area (Å²) in [6.07, 6.45) is 3.75. The number of allylic oxidation sites excluding steroid dienone is 1. The zero-order valence-corrected chi connectivity index (χ0v) is 18.0. The molecule has 5 nitrogen and oxygen atoms in total. The molecule has 1 aromatic carbocycles. The third-order valence-corrected chi connectivity index (χ3v) is 7.32. The van der Waals surface area contributed by atoms with Crippen LogP contribution in [0.3, 0.4) is 0 Å². The number of methoxy groups -OCH3 is 1. The number of hydrogen-bond acceptors (Lipinski definition) is 5. The van der Waals surface area contributed by atoms with Gasteiger partial charge in [0.1, 0.15) is 6.10 Å². The molecule has 1 fully saturated rings. The predicted molar refractivity (Wildman–Crippen MR) is 115 cm³/mol. The maximum absolute atomic E-state index is 12.0. The molecule has 2 heterocycles. The maximum atomic E-state index is 12.0. The molecule has 4 atom stereocenters. The van der Waals surface area contributed by atoms with Crippen LogP contribution in [0.15, 0.2) is 50.7 Å². The first-order valence-corrected chi connectivity index (χ1v) is 10.7. The van der Waals surface area contributed by atoms with Gasteiger partial charge in [-0.3, -0.25) is 0 Å². The van der Waals surface area contributed by atoms with Gasteiger partial charge in [-0.15, -0.1) is 0 Å². The van der Waals surface area contributed by atoms with Crippen LogP contribution >= 0.6 is 0 Å². The summed E-state index contributed by atoms with van der Waals surface area (Å²) in [4.78, 5) is 12.0. The van der Waals surface area contributed by atoms with E-state index in [4.69, 9.17) is 18.6 Å². The molecule has 158 valence electrons. The Bertz CT molecular complexity index is 1140. The third-order valence-electron chi connectivity index (χ3n) is 7.32. The molecular weight excluding hydrogens is 380 g/mol. The molecule has 3 aliphatic rings. The summed E-state index contributed by atoms with van der Waals surface area (Å²) in [5, 5.41) is 0.755. The highest BCUT2D eigenvalue weighted by Gasteiger charge is 2.59. The van der Waals surface area contributed by atoms with Crippen molar-refractivity contribution in [3.05, 3.63) is 51.9 Å². The standard InChI is InChI=1S/C25H28O5/c1-13(2)16-7-6-15(4)25-18(11-16)14(3)10-20(25)28-23-19(27-5)12-17-8-9-21(26)29-22(17)24(23)30-25/h8-9,12,15-16,20H,1,6-7,10-11H2,2-5H3. The summed E-state index contributed by atoms with van der Waals surface area (Å²) in [7, 11) is 1.61. The molecule has 30 heavy (non-hydrogen) atoms. The van der Waals surface area contributed by atoms with Gasteiger partial charge in [-0.25, -0.2) is 4.79 Å². The van der Waals surface area contributed by atoms with Crippen LogP contribution < -0.4 is 19.8 Å². The number of hydrogen-bond donors (Lipinski definition) is 0. The van der Waals surface area contributed by atoms with E-state index < -0.39 is 11.2 Å². The fourth-order valence-corrected chi connectivity index (χ4v) is 5.63. The highest BCUT2D eigenvalue weighted by atomic mass is 16.6. The van der Waals surface area contributed by atoms with Gasteiger partial charge < -0.3 is 18.6 Å². The zero-order valence-electron chi connectivity index (χ0n) is 18.0. The second kappa shape index (κ2) is 6.66. The number of ether oxygens (including phenoxy) is 3. The second-order valence-electron chi connectivity index (χ2n) is 9.10. The Hall–Kier alpha value is -2.69. The van der Waals surface area contributed by atoms with Crippen LogP contribution in [0.25, 0.3) is 11.0 Å². The van der Waals surface area contributed by atoms with Gasteiger partial charge in [-0.2, -0.15) is 0 Å². The Balaban J connectivity index is 1.73. The first-order valence-electron chi connectivity index (χ1n) is 10.7. The lowest BCUT2D eigenvalue weighted by Gasteiger charge is -2.45. The predicted octanol–water partition coefficient (Wildman–Crippen LogP) is 5.41. The van der Waals surface area contributed by atoms with Gasteiger partial charge >= 0.3 is 5.63 Å². The van der Waals surface area contributed by atoms with Gasteiger partial charge in [0.05, 0.1) is 7.11 Å². The van der Waals surface area contributed by atoms with Crippen molar-refractivity contribution in [1.82, 2.24) is 0 Å². The monoisotopic (exact) mass is 408 g/mol. The largest absolute Gasteiger partial charge is 0.493 e. The molecule has 2 aliphatic carbocycles. The van der Waals surface area contributed by atoms with Crippen molar-refractivity contribution >= 4 is 11.0 Å². The van der Waals surface area contributed by atoms with Gasteiger partial charge in [-0.05, 0) is 56.7 Å². The smallest absolute Gasteiger partial charge is 0.336 e. The summed E-state index contributed by atoms with van der Waals surface area (Å²) in [6.45, 7) is 10.8. The van der Waals surface area contributed by atoms with Crippen LogP contribution in [-0.4, -0.2) is 18.8 Å². The van der Waals surface area contributed by atoms with Crippen molar-refractivity contribution in [2.75, 3.05) is 7.11 Å². The average molecular weight is 408 g/mol. The fraction of sp³-hybridized carbons (Fsp3) is 0.480. The first-order chi connectivity index (χ1) is 14.3. The van der Waals surface area contributed by atoms with Crippen LogP contribution in [0.1, 0.15) is 46.5 Å². The minimum absolute atomic E-state index is 0.124. The number of fused-ring (bicyclic) bond motifs is 3.